The Kier molecular flexibility index (Phi) is 6.38. The van der Waals surface area contributed by atoms with E-state index in [9.17, 15) is 18.0 Å². The summed E-state index contributed by atoms with van der Waals surface area (Å²) in [5.41, 5.74) is 0.717. The lowest BCUT2D eigenvalue weighted by molar-refractivity contribution is -0.125. The van der Waals surface area contributed by atoms with E-state index in [4.69, 9.17) is 4.74 Å². The summed E-state index contributed by atoms with van der Waals surface area (Å²) in [7, 11) is 1.89. The number of alkyl halides is 3. The number of hydrogen-bond acceptors (Lipinski definition) is 6. The van der Waals surface area contributed by atoms with Crippen LogP contribution in [-0.4, -0.2) is 69.5 Å². The predicted molar refractivity (Wildman–Crippen MR) is 138 cm³/mol. The van der Waals surface area contributed by atoms with Crippen molar-refractivity contribution in [1.29, 1.82) is 0 Å². The number of allylic oxidation sites excluding steroid dienone is 1. The van der Waals surface area contributed by atoms with Gasteiger partial charge in [-0.25, -0.2) is 0 Å². The van der Waals surface area contributed by atoms with Crippen molar-refractivity contribution in [3.05, 3.63) is 77.3 Å². The van der Waals surface area contributed by atoms with Crippen LogP contribution in [0.2, 0.25) is 0 Å². The number of halogens is 3. The molecule has 0 radical (unpaired) electrons. The van der Waals surface area contributed by atoms with E-state index in [0.717, 1.165) is 29.4 Å². The minimum atomic E-state index is -4.63. The Morgan fingerprint density at radius 3 is 2.64 bits per heavy atom. The van der Waals surface area contributed by atoms with Gasteiger partial charge in [0.2, 0.25) is 5.91 Å². The number of rotatable bonds is 7. The third kappa shape index (κ3) is 5.12. The number of aromatic nitrogens is 3. The number of nitrogens with one attached hydrogen (secondary N) is 1. The normalized spacial score (nSPS) is 25.2. The van der Waals surface area contributed by atoms with Crippen LogP contribution in [0.25, 0.3) is 0 Å². The molecule has 1 amide bonds. The maximum atomic E-state index is 14.3. The number of carbonyl (C=O) groups excluding carboxylic acids is 1. The molecule has 2 saturated heterocycles. The molecule has 2 aromatic rings. The van der Waals surface area contributed by atoms with Crippen LogP contribution in [0.15, 0.2) is 65.9 Å². The van der Waals surface area contributed by atoms with Gasteiger partial charge >= 0.3 is 6.18 Å². The molecule has 1 saturated carbocycles. The molecule has 1 aromatic heterocycles. The van der Waals surface area contributed by atoms with E-state index in [2.05, 4.69) is 20.4 Å². The third-order valence-electron chi connectivity index (χ3n) is 8.17. The maximum Gasteiger partial charge on any atom is 0.418 e. The van der Waals surface area contributed by atoms with Crippen molar-refractivity contribution in [2.45, 2.75) is 31.4 Å². The molecule has 8 nitrogen and oxygen atoms in total. The molecule has 3 fully saturated rings. The van der Waals surface area contributed by atoms with Crippen LogP contribution in [0.3, 0.4) is 0 Å². The summed E-state index contributed by atoms with van der Waals surface area (Å²) in [4.78, 5) is 15.8. The number of benzene rings is 1. The van der Waals surface area contributed by atoms with Crippen LogP contribution in [0.4, 0.5) is 18.9 Å². The molecule has 3 aliphatic heterocycles. The van der Waals surface area contributed by atoms with Crippen molar-refractivity contribution in [2.24, 2.45) is 18.9 Å². The molecule has 1 aromatic carbocycles. The molecule has 2 unspecified atom stereocenters. The zero-order valence-corrected chi connectivity index (χ0v) is 21.9. The van der Waals surface area contributed by atoms with Crippen LogP contribution in [0, 0.1) is 11.8 Å². The van der Waals surface area contributed by atoms with Crippen molar-refractivity contribution < 1.29 is 22.7 Å². The van der Waals surface area contributed by atoms with E-state index in [1.165, 1.54) is 31.8 Å². The van der Waals surface area contributed by atoms with Crippen molar-refractivity contribution in [2.75, 3.05) is 38.2 Å². The number of piperidine rings is 1. The smallest absolute Gasteiger partial charge is 0.379 e. The monoisotopic (exact) mass is 540 g/mol. The van der Waals surface area contributed by atoms with Crippen molar-refractivity contribution >= 4 is 11.6 Å². The summed E-state index contributed by atoms with van der Waals surface area (Å²) in [5.74, 6) is 1.69. The molecule has 2 atom stereocenters. The van der Waals surface area contributed by atoms with Crippen LogP contribution in [-0.2, 0) is 28.4 Å². The Bertz CT molecular complexity index is 1360. The Balaban J connectivity index is 1.25. The Hall–Kier alpha value is -3.44. The fourth-order valence-electron chi connectivity index (χ4n) is 5.85. The number of nitrogens with zero attached hydrogens (tertiary/aromatic N) is 5. The van der Waals surface area contributed by atoms with Gasteiger partial charge < -0.3 is 14.6 Å². The molecule has 0 bridgehead atoms. The highest BCUT2D eigenvalue weighted by Crippen LogP contribution is 2.45. The first-order valence-corrected chi connectivity index (χ1v) is 13.1. The topological polar surface area (TPSA) is 75.5 Å². The average molecular weight is 541 g/mol. The second kappa shape index (κ2) is 9.63. The van der Waals surface area contributed by atoms with Gasteiger partial charge in [-0.05, 0) is 47.6 Å². The summed E-state index contributed by atoms with van der Waals surface area (Å²) < 4.78 is 50.2. The molecule has 39 heavy (non-hydrogen) atoms. The molecule has 6 rings (SSSR count). The molecule has 11 heteroatoms. The molecule has 1 aliphatic carbocycles. The summed E-state index contributed by atoms with van der Waals surface area (Å²) in [6.45, 7) is 4.50. The van der Waals surface area contributed by atoms with Gasteiger partial charge in [0, 0.05) is 63.5 Å². The average Bonchev–Trinajstić information content (AvgIpc) is 3.26. The van der Waals surface area contributed by atoms with Gasteiger partial charge in [-0.1, -0.05) is 12.1 Å². The van der Waals surface area contributed by atoms with Gasteiger partial charge in [0.15, 0.2) is 0 Å². The molecule has 206 valence electrons. The molecule has 1 N–H and O–H groups in total. The predicted octanol–water partition coefficient (Wildman–Crippen LogP) is 3.77. The van der Waals surface area contributed by atoms with Gasteiger partial charge in [0.1, 0.15) is 12.2 Å². The number of anilines is 1. The summed E-state index contributed by atoms with van der Waals surface area (Å²) in [6, 6.07) is 7.54. The lowest BCUT2D eigenvalue weighted by Gasteiger charge is -2.41. The largest absolute Gasteiger partial charge is 0.418 e. The summed E-state index contributed by atoms with van der Waals surface area (Å²) >= 11 is 0. The zero-order chi connectivity index (χ0) is 27.4. The number of hydrogen-bond donors (Lipinski definition) is 1. The van der Waals surface area contributed by atoms with Gasteiger partial charge in [0.25, 0.3) is 0 Å². The minimum Gasteiger partial charge on any atom is -0.379 e. The van der Waals surface area contributed by atoms with Crippen LogP contribution >= 0.6 is 0 Å². The van der Waals surface area contributed by atoms with E-state index in [1.807, 2.05) is 29.8 Å². The number of aryl methyl sites for hydroxylation is 1. The zero-order valence-electron chi connectivity index (χ0n) is 21.9. The molecular weight excluding hydrogens is 509 g/mol. The Morgan fingerprint density at radius 2 is 2.03 bits per heavy atom. The van der Waals surface area contributed by atoms with Crippen LogP contribution in [0.1, 0.15) is 24.7 Å². The first kappa shape index (κ1) is 25.8. The first-order valence-electron chi connectivity index (χ1n) is 13.1. The number of carbonyl (C=O) groups is 1. The summed E-state index contributed by atoms with van der Waals surface area (Å²) in [6.07, 6.45) is 2.84. The minimum absolute atomic E-state index is 0.228. The van der Waals surface area contributed by atoms with Gasteiger partial charge in [0.05, 0.1) is 24.5 Å². The second-order valence-corrected chi connectivity index (χ2v) is 11.2. The van der Waals surface area contributed by atoms with E-state index >= 15 is 0 Å². The third-order valence-corrected chi connectivity index (χ3v) is 8.17. The van der Waals surface area contributed by atoms with E-state index in [1.54, 1.807) is 12.4 Å². The van der Waals surface area contributed by atoms with Gasteiger partial charge in [-0.2, -0.15) is 13.2 Å². The Morgan fingerprint density at radius 1 is 1.26 bits per heavy atom. The molecule has 4 aliphatic rings. The number of ether oxygens (including phenoxy) is 1. The number of amides is 1. The fraction of sp³-hybridized carbons (Fsp3) is 0.464. The number of fused-ring (bicyclic) bond motifs is 1. The van der Waals surface area contributed by atoms with Crippen LogP contribution < -0.4 is 5.32 Å². The number of likely N-dealkylation sites (tertiary alicyclic amines) is 1. The molecule has 0 spiro atoms. The highest BCUT2D eigenvalue weighted by molar-refractivity contribution is 5.79. The molecular formula is C28H31F3N6O2. The summed E-state index contributed by atoms with van der Waals surface area (Å²) in [5, 5.41) is 11.2. The highest BCUT2D eigenvalue weighted by atomic mass is 19.4. The van der Waals surface area contributed by atoms with E-state index < -0.39 is 17.7 Å². The lowest BCUT2D eigenvalue weighted by Crippen LogP contribution is -2.49. The van der Waals surface area contributed by atoms with Gasteiger partial charge in [-0.3, -0.25) is 14.6 Å². The van der Waals surface area contributed by atoms with Gasteiger partial charge in [-0.15, -0.1) is 10.2 Å². The standard InChI is InChI=1S/C28H31F3N6O2/c1-18(38)37-12-19(11-36-13-20-7-21(20)14-36)6-24(28(29,30)31)25(37)10-32-23-5-3-4-22(8-23)27(15-39-16-27)9-26-34-33-17-35(26)2/h3-6,8,10,12,17,20-21,32H,7,9,11,13-16H2,1-2H3/b25-10-. The SMILES string of the molecule is CC(=O)N1C=C(CN2CC3CC3C2)C=C(C(F)(F)F)/C1=C/Nc1cccc(C2(Cc3nncn3C)COC2)c1. The van der Waals surface area contributed by atoms with Crippen LogP contribution in [0.5, 0.6) is 0 Å². The maximum absolute atomic E-state index is 14.3. The van der Waals surface area contributed by atoms with Crippen molar-refractivity contribution in [3.8, 4) is 0 Å². The van der Waals surface area contributed by atoms with E-state index in [-0.39, 0.29) is 11.1 Å². The Labute approximate surface area is 224 Å². The highest BCUT2D eigenvalue weighted by Gasteiger charge is 2.46. The second-order valence-electron chi connectivity index (χ2n) is 11.2. The lowest BCUT2D eigenvalue weighted by atomic mass is 9.75. The van der Waals surface area contributed by atoms with E-state index in [0.29, 0.717) is 49.3 Å². The fourth-order valence-corrected chi connectivity index (χ4v) is 5.85. The quantitative estimate of drug-likeness (QED) is 0.577. The molecule has 4 heterocycles. The first-order chi connectivity index (χ1) is 18.6. The van der Waals surface area contributed by atoms with Crippen molar-refractivity contribution in [1.82, 2.24) is 24.6 Å². The van der Waals surface area contributed by atoms with Crippen molar-refractivity contribution in [3.63, 3.8) is 0 Å².